The highest BCUT2D eigenvalue weighted by molar-refractivity contribution is 5.76. The Labute approximate surface area is 101 Å². The summed E-state index contributed by atoms with van der Waals surface area (Å²) in [5.41, 5.74) is 2.93. The zero-order valence-electron chi connectivity index (χ0n) is 10.0. The van der Waals surface area contributed by atoms with Crippen molar-refractivity contribution in [3.05, 3.63) is 24.6 Å². The molecule has 3 rings (SSSR count). The molecular formula is C13H17N3O. The minimum atomic E-state index is 0.415. The predicted octanol–water partition coefficient (Wildman–Crippen LogP) is 2.36. The van der Waals surface area contributed by atoms with E-state index >= 15 is 0 Å². The van der Waals surface area contributed by atoms with E-state index < -0.39 is 0 Å². The highest BCUT2D eigenvalue weighted by Gasteiger charge is 2.21. The fourth-order valence-electron chi connectivity index (χ4n) is 2.53. The number of anilines is 1. The summed E-state index contributed by atoms with van der Waals surface area (Å²) in [7, 11) is 2.02. The maximum Gasteiger partial charge on any atom is 0.154 e. The van der Waals surface area contributed by atoms with E-state index in [0.29, 0.717) is 6.17 Å². The van der Waals surface area contributed by atoms with E-state index in [4.69, 9.17) is 4.42 Å². The van der Waals surface area contributed by atoms with E-state index in [1.54, 1.807) is 6.26 Å². The standard InChI is InChI=1S/C13H17N3O/c1-14-13-4-2-3-6-16(13)10-8-12-11(15-9-10)5-7-17-12/h5,7-9,13-14H,2-4,6H2,1H3. The largest absolute Gasteiger partial charge is 0.463 e. The van der Waals surface area contributed by atoms with Gasteiger partial charge in [0.2, 0.25) is 0 Å². The minimum Gasteiger partial charge on any atom is -0.463 e. The highest BCUT2D eigenvalue weighted by atomic mass is 16.3. The van der Waals surface area contributed by atoms with Gasteiger partial charge in [-0.15, -0.1) is 0 Å². The normalized spacial score (nSPS) is 21.0. The van der Waals surface area contributed by atoms with Gasteiger partial charge in [-0.25, -0.2) is 0 Å². The van der Waals surface area contributed by atoms with Crippen LogP contribution in [-0.2, 0) is 0 Å². The Kier molecular flexibility index (Phi) is 2.73. The molecule has 4 nitrogen and oxygen atoms in total. The van der Waals surface area contributed by atoms with Crippen molar-refractivity contribution in [1.82, 2.24) is 10.3 Å². The van der Waals surface area contributed by atoms with Gasteiger partial charge in [0.05, 0.1) is 24.3 Å². The van der Waals surface area contributed by atoms with Gasteiger partial charge < -0.3 is 14.6 Å². The summed E-state index contributed by atoms with van der Waals surface area (Å²) in [6.45, 7) is 1.08. The molecule has 1 atom stereocenters. The van der Waals surface area contributed by atoms with Crippen molar-refractivity contribution in [1.29, 1.82) is 0 Å². The summed E-state index contributed by atoms with van der Waals surface area (Å²) in [5, 5.41) is 3.36. The number of nitrogens with one attached hydrogen (secondary N) is 1. The second kappa shape index (κ2) is 4.37. The van der Waals surface area contributed by atoms with Crippen LogP contribution in [0.3, 0.4) is 0 Å². The van der Waals surface area contributed by atoms with E-state index in [0.717, 1.165) is 23.3 Å². The van der Waals surface area contributed by atoms with Crippen molar-refractivity contribution in [2.45, 2.75) is 25.4 Å². The van der Waals surface area contributed by atoms with Gasteiger partial charge in [-0.2, -0.15) is 0 Å². The number of rotatable bonds is 2. The summed E-state index contributed by atoms with van der Waals surface area (Å²) < 4.78 is 5.41. The lowest BCUT2D eigenvalue weighted by atomic mass is 10.1. The molecule has 0 bridgehead atoms. The van der Waals surface area contributed by atoms with Crippen LogP contribution in [0, 0.1) is 0 Å². The molecule has 1 aliphatic heterocycles. The maximum absolute atomic E-state index is 5.41. The van der Waals surface area contributed by atoms with Gasteiger partial charge in [-0.3, -0.25) is 4.98 Å². The molecule has 4 heteroatoms. The van der Waals surface area contributed by atoms with Gasteiger partial charge in [-0.1, -0.05) is 0 Å². The first-order valence-electron chi connectivity index (χ1n) is 6.15. The molecule has 0 spiro atoms. The first-order valence-corrected chi connectivity index (χ1v) is 6.15. The smallest absolute Gasteiger partial charge is 0.154 e. The third-order valence-corrected chi connectivity index (χ3v) is 3.46. The van der Waals surface area contributed by atoms with E-state index in [1.807, 2.05) is 19.3 Å². The maximum atomic E-state index is 5.41. The Bertz CT molecular complexity index is 508. The summed E-state index contributed by atoms with van der Waals surface area (Å²) in [4.78, 5) is 6.80. The van der Waals surface area contributed by atoms with E-state index in [2.05, 4.69) is 21.3 Å². The molecule has 1 saturated heterocycles. The Morgan fingerprint density at radius 2 is 2.41 bits per heavy atom. The van der Waals surface area contributed by atoms with Crippen LogP contribution in [0.2, 0.25) is 0 Å². The molecule has 1 N–H and O–H groups in total. The van der Waals surface area contributed by atoms with Crippen molar-refractivity contribution in [2.24, 2.45) is 0 Å². The second-order valence-corrected chi connectivity index (χ2v) is 4.49. The SMILES string of the molecule is CNC1CCCCN1c1cnc2ccoc2c1. The van der Waals surface area contributed by atoms with E-state index in [1.165, 1.54) is 19.3 Å². The van der Waals surface area contributed by atoms with Gasteiger partial charge in [0.25, 0.3) is 0 Å². The molecule has 0 radical (unpaired) electrons. The Morgan fingerprint density at radius 3 is 3.29 bits per heavy atom. The van der Waals surface area contributed by atoms with Crippen LogP contribution in [0.4, 0.5) is 5.69 Å². The molecule has 17 heavy (non-hydrogen) atoms. The van der Waals surface area contributed by atoms with Gasteiger partial charge in [0.15, 0.2) is 5.58 Å². The number of fused-ring (bicyclic) bond motifs is 1. The lowest BCUT2D eigenvalue weighted by Gasteiger charge is -2.37. The number of piperidine rings is 1. The summed E-state index contributed by atoms with van der Waals surface area (Å²) in [6.07, 6.45) is 7.76. The fourth-order valence-corrected chi connectivity index (χ4v) is 2.53. The van der Waals surface area contributed by atoms with Crippen molar-refractivity contribution < 1.29 is 4.42 Å². The first kappa shape index (κ1) is 10.6. The average molecular weight is 231 g/mol. The summed E-state index contributed by atoms with van der Waals surface area (Å²) >= 11 is 0. The number of nitrogens with zero attached hydrogens (tertiary/aromatic N) is 2. The van der Waals surface area contributed by atoms with Gasteiger partial charge >= 0.3 is 0 Å². The Morgan fingerprint density at radius 1 is 1.47 bits per heavy atom. The van der Waals surface area contributed by atoms with Crippen molar-refractivity contribution >= 4 is 16.8 Å². The molecule has 1 fully saturated rings. The zero-order chi connectivity index (χ0) is 11.7. The van der Waals surface area contributed by atoms with Crippen LogP contribution >= 0.6 is 0 Å². The predicted molar refractivity (Wildman–Crippen MR) is 68.1 cm³/mol. The Balaban J connectivity index is 1.95. The number of hydrogen-bond donors (Lipinski definition) is 1. The lowest BCUT2D eigenvalue weighted by molar-refractivity contribution is 0.418. The summed E-state index contributed by atoms with van der Waals surface area (Å²) in [5.74, 6) is 0. The first-order chi connectivity index (χ1) is 8.38. The summed E-state index contributed by atoms with van der Waals surface area (Å²) in [6, 6.07) is 3.98. The molecule has 3 heterocycles. The number of furan rings is 1. The lowest BCUT2D eigenvalue weighted by Crippen LogP contribution is -2.47. The molecular weight excluding hydrogens is 214 g/mol. The van der Waals surface area contributed by atoms with Crippen LogP contribution in [0.5, 0.6) is 0 Å². The molecule has 2 aromatic heterocycles. The third-order valence-electron chi connectivity index (χ3n) is 3.46. The van der Waals surface area contributed by atoms with Crippen molar-refractivity contribution in [3.63, 3.8) is 0 Å². The van der Waals surface area contributed by atoms with Crippen molar-refractivity contribution in [2.75, 3.05) is 18.5 Å². The topological polar surface area (TPSA) is 41.3 Å². The van der Waals surface area contributed by atoms with Crippen molar-refractivity contribution in [3.8, 4) is 0 Å². The monoisotopic (exact) mass is 231 g/mol. The van der Waals surface area contributed by atoms with Crippen LogP contribution in [0.25, 0.3) is 11.1 Å². The molecule has 0 saturated carbocycles. The van der Waals surface area contributed by atoms with E-state index in [9.17, 15) is 0 Å². The van der Waals surface area contributed by atoms with Crippen LogP contribution in [0.1, 0.15) is 19.3 Å². The molecule has 0 aliphatic carbocycles. The molecule has 0 aromatic carbocycles. The molecule has 0 amide bonds. The van der Waals surface area contributed by atoms with Crippen LogP contribution in [0.15, 0.2) is 29.0 Å². The number of hydrogen-bond acceptors (Lipinski definition) is 4. The highest BCUT2D eigenvalue weighted by Crippen LogP contribution is 2.25. The number of aromatic nitrogens is 1. The van der Waals surface area contributed by atoms with Crippen LogP contribution in [-0.4, -0.2) is 24.7 Å². The Hall–Kier alpha value is -1.55. The minimum absolute atomic E-state index is 0.415. The average Bonchev–Trinajstić information content (AvgIpc) is 2.85. The third kappa shape index (κ3) is 1.89. The van der Waals surface area contributed by atoms with E-state index in [-0.39, 0.29) is 0 Å². The second-order valence-electron chi connectivity index (χ2n) is 4.49. The van der Waals surface area contributed by atoms with Gasteiger partial charge in [0, 0.05) is 18.7 Å². The molecule has 90 valence electrons. The molecule has 1 unspecified atom stereocenters. The molecule has 2 aromatic rings. The van der Waals surface area contributed by atoms with Gasteiger partial charge in [-0.05, 0) is 26.3 Å². The quantitative estimate of drug-likeness (QED) is 0.861. The fraction of sp³-hybridized carbons (Fsp3) is 0.462. The van der Waals surface area contributed by atoms with Crippen LogP contribution < -0.4 is 10.2 Å². The zero-order valence-corrected chi connectivity index (χ0v) is 10.0. The molecule has 1 aliphatic rings. The van der Waals surface area contributed by atoms with Gasteiger partial charge in [0.1, 0.15) is 5.52 Å². The number of pyridine rings is 1.